The van der Waals surface area contributed by atoms with Crippen molar-refractivity contribution in [3.63, 3.8) is 0 Å². The Kier molecular flexibility index (Phi) is 4.73. The quantitative estimate of drug-likeness (QED) is 0.667. The summed E-state index contributed by atoms with van der Waals surface area (Å²) in [5.74, 6) is -1.05. The Balaban J connectivity index is 2.64. The lowest BCUT2D eigenvalue weighted by molar-refractivity contribution is -0.148. The van der Waals surface area contributed by atoms with Crippen molar-refractivity contribution in [3.8, 4) is 0 Å². The van der Waals surface area contributed by atoms with Crippen molar-refractivity contribution < 1.29 is 14.7 Å². The van der Waals surface area contributed by atoms with E-state index in [1.54, 1.807) is 0 Å². The van der Waals surface area contributed by atoms with Gasteiger partial charge in [-0.15, -0.1) is 0 Å². The van der Waals surface area contributed by atoms with Crippen molar-refractivity contribution in [1.29, 1.82) is 0 Å². The average molecular weight is 256 g/mol. The number of hydrogen-bond donors (Lipinski definition) is 3. The SMILES string of the molecule is CCC(N)(CC)C(=O)NCC1(C(=O)O)CCCC1. The zero-order chi connectivity index (χ0) is 13.8. The molecule has 0 bridgehead atoms. The Morgan fingerprint density at radius 2 is 1.78 bits per heavy atom. The number of nitrogens with one attached hydrogen (secondary N) is 1. The molecule has 1 amide bonds. The second-order valence-corrected chi connectivity index (χ2v) is 5.34. The molecule has 1 saturated carbocycles. The van der Waals surface area contributed by atoms with Crippen molar-refractivity contribution in [2.75, 3.05) is 6.54 Å². The Bertz CT molecular complexity index is 318. The van der Waals surface area contributed by atoms with Crippen LogP contribution in [0.4, 0.5) is 0 Å². The lowest BCUT2D eigenvalue weighted by Crippen LogP contribution is -2.55. The van der Waals surface area contributed by atoms with Crippen LogP contribution in [0.2, 0.25) is 0 Å². The zero-order valence-corrected chi connectivity index (χ0v) is 11.3. The monoisotopic (exact) mass is 256 g/mol. The summed E-state index contributed by atoms with van der Waals surface area (Å²) in [4.78, 5) is 23.4. The molecule has 5 heteroatoms. The minimum absolute atomic E-state index is 0.195. The number of carboxylic acids is 1. The summed E-state index contributed by atoms with van der Waals surface area (Å²) in [5.41, 5.74) is 4.33. The summed E-state index contributed by atoms with van der Waals surface area (Å²) in [5, 5.41) is 12.1. The molecule has 0 aromatic carbocycles. The van der Waals surface area contributed by atoms with Crippen LogP contribution in [-0.2, 0) is 9.59 Å². The van der Waals surface area contributed by atoms with Crippen LogP contribution < -0.4 is 11.1 Å². The molecule has 0 spiro atoms. The second kappa shape index (κ2) is 5.69. The maximum Gasteiger partial charge on any atom is 0.311 e. The normalized spacial score (nSPS) is 18.6. The maximum absolute atomic E-state index is 12.0. The lowest BCUT2D eigenvalue weighted by atomic mass is 9.85. The van der Waals surface area contributed by atoms with Gasteiger partial charge in [0.15, 0.2) is 0 Å². The number of rotatable bonds is 6. The van der Waals surface area contributed by atoms with Gasteiger partial charge in [0.2, 0.25) is 5.91 Å². The highest BCUT2D eigenvalue weighted by Gasteiger charge is 2.42. The Labute approximate surface area is 108 Å². The number of hydrogen-bond acceptors (Lipinski definition) is 3. The van der Waals surface area contributed by atoms with Crippen LogP contribution in [0, 0.1) is 5.41 Å². The molecule has 1 fully saturated rings. The average Bonchev–Trinajstić information content (AvgIpc) is 2.85. The van der Waals surface area contributed by atoms with Crippen LogP contribution in [0.15, 0.2) is 0 Å². The van der Waals surface area contributed by atoms with Crippen molar-refractivity contribution in [1.82, 2.24) is 5.32 Å². The largest absolute Gasteiger partial charge is 0.481 e. The van der Waals surface area contributed by atoms with Gasteiger partial charge in [0.05, 0.1) is 11.0 Å². The molecular formula is C13H24N2O3. The third kappa shape index (κ3) is 2.83. The molecule has 1 aliphatic rings. The number of amides is 1. The van der Waals surface area contributed by atoms with Crippen LogP contribution in [0.3, 0.4) is 0 Å². The number of carbonyl (C=O) groups is 2. The number of aliphatic carboxylic acids is 1. The molecule has 18 heavy (non-hydrogen) atoms. The first kappa shape index (κ1) is 15.0. The molecule has 0 unspecified atom stereocenters. The third-order valence-corrected chi connectivity index (χ3v) is 4.32. The van der Waals surface area contributed by atoms with E-state index in [1.807, 2.05) is 13.8 Å². The predicted octanol–water partition coefficient (Wildman–Crippen LogP) is 1.27. The van der Waals surface area contributed by atoms with Gasteiger partial charge in [0.25, 0.3) is 0 Å². The summed E-state index contributed by atoms with van der Waals surface area (Å²) in [6, 6.07) is 0. The van der Waals surface area contributed by atoms with Crippen molar-refractivity contribution in [2.45, 2.75) is 57.9 Å². The van der Waals surface area contributed by atoms with E-state index in [-0.39, 0.29) is 12.5 Å². The van der Waals surface area contributed by atoms with E-state index in [4.69, 9.17) is 5.73 Å². The predicted molar refractivity (Wildman–Crippen MR) is 69.0 cm³/mol. The lowest BCUT2D eigenvalue weighted by Gasteiger charge is -2.29. The minimum Gasteiger partial charge on any atom is -0.481 e. The number of nitrogens with two attached hydrogens (primary N) is 1. The summed E-state index contributed by atoms with van der Waals surface area (Å²) >= 11 is 0. The van der Waals surface area contributed by atoms with Gasteiger partial charge in [0, 0.05) is 6.54 Å². The van der Waals surface area contributed by atoms with E-state index in [2.05, 4.69) is 5.32 Å². The van der Waals surface area contributed by atoms with Gasteiger partial charge in [-0.1, -0.05) is 26.7 Å². The van der Waals surface area contributed by atoms with Crippen LogP contribution in [0.5, 0.6) is 0 Å². The molecule has 0 heterocycles. The molecule has 1 rings (SSSR count). The standard InChI is InChI=1S/C13H24N2O3/c1-3-13(14,4-2)10(16)15-9-12(11(17)18)7-5-6-8-12/h3-9,14H2,1-2H3,(H,15,16)(H,17,18). The van der Waals surface area contributed by atoms with Gasteiger partial charge in [-0.05, 0) is 25.7 Å². The van der Waals surface area contributed by atoms with Gasteiger partial charge in [0.1, 0.15) is 0 Å². The second-order valence-electron chi connectivity index (χ2n) is 5.34. The van der Waals surface area contributed by atoms with Crippen LogP contribution >= 0.6 is 0 Å². The minimum atomic E-state index is -0.877. The highest BCUT2D eigenvalue weighted by atomic mass is 16.4. The first-order chi connectivity index (χ1) is 8.40. The molecule has 5 nitrogen and oxygen atoms in total. The van der Waals surface area contributed by atoms with Crippen molar-refractivity contribution >= 4 is 11.9 Å². The first-order valence-corrected chi connectivity index (χ1v) is 6.71. The van der Waals surface area contributed by atoms with E-state index in [0.29, 0.717) is 25.7 Å². The molecule has 4 N–H and O–H groups in total. The fourth-order valence-electron chi connectivity index (χ4n) is 2.51. The van der Waals surface area contributed by atoms with Crippen LogP contribution in [0.1, 0.15) is 52.4 Å². The molecule has 0 radical (unpaired) electrons. The fraction of sp³-hybridized carbons (Fsp3) is 0.846. The molecule has 0 aromatic heterocycles. The zero-order valence-electron chi connectivity index (χ0n) is 11.3. The molecule has 0 atom stereocenters. The highest BCUT2D eigenvalue weighted by molar-refractivity contribution is 5.86. The van der Waals surface area contributed by atoms with Gasteiger partial charge < -0.3 is 16.2 Å². The van der Waals surface area contributed by atoms with Gasteiger partial charge in [-0.2, -0.15) is 0 Å². The first-order valence-electron chi connectivity index (χ1n) is 6.71. The molecule has 0 aromatic rings. The Morgan fingerprint density at radius 3 is 2.17 bits per heavy atom. The topological polar surface area (TPSA) is 92.4 Å². The molecule has 1 aliphatic carbocycles. The van der Waals surface area contributed by atoms with E-state index in [9.17, 15) is 14.7 Å². The maximum atomic E-state index is 12.0. The summed E-state index contributed by atoms with van der Waals surface area (Å²) in [6.07, 6.45) is 4.21. The molecule has 104 valence electrons. The highest BCUT2D eigenvalue weighted by Crippen LogP contribution is 2.37. The number of carboxylic acid groups (broad SMARTS) is 1. The molecular weight excluding hydrogens is 232 g/mol. The van der Waals surface area contributed by atoms with E-state index < -0.39 is 16.9 Å². The molecule has 0 aliphatic heterocycles. The van der Waals surface area contributed by atoms with Gasteiger partial charge >= 0.3 is 5.97 Å². The van der Waals surface area contributed by atoms with E-state index in [1.165, 1.54) is 0 Å². The number of carbonyl (C=O) groups excluding carboxylic acids is 1. The van der Waals surface area contributed by atoms with Crippen LogP contribution in [0.25, 0.3) is 0 Å². The van der Waals surface area contributed by atoms with E-state index in [0.717, 1.165) is 12.8 Å². The Morgan fingerprint density at radius 1 is 1.28 bits per heavy atom. The summed E-state index contributed by atoms with van der Waals surface area (Å²) < 4.78 is 0. The molecule has 0 saturated heterocycles. The van der Waals surface area contributed by atoms with Crippen LogP contribution in [-0.4, -0.2) is 29.1 Å². The summed E-state index contributed by atoms with van der Waals surface area (Å²) in [7, 11) is 0. The Hall–Kier alpha value is -1.10. The fourth-order valence-corrected chi connectivity index (χ4v) is 2.51. The summed E-state index contributed by atoms with van der Waals surface area (Å²) in [6.45, 7) is 3.93. The van der Waals surface area contributed by atoms with Gasteiger partial charge in [-0.3, -0.25) is 9.59 Å². The van der Waals surface area contributed by atoms with Crippen molar-refractivity contribution in [2.24, 2.45) is 11.1 Å². The van der Waals surface area contributed by atoms with E-state index >= 15 is 0 Å². The smallest absolute Gasteiger partial charge is 0.311 e. The third-order valence-electron chi connectivity index (χ3n) is 4.32. The van der Waals surface area contributed by atoms with Gasteiger partial charge in [-0.25, -0.2) is 0 Å². The van der Waals surface area contributed by atoms with Crippen molar-refractivity contribution in [3.05, 3.63) is 0 Å².